The van der Waals surface area contributed by atoms with Crippen LogP contribution >= 0.6 is 0 Å². The van der Waals surface area contributed by atoms with Crippen LogP contribution in [0.4, 0.5) is 4.39 Å². The van der Waals surface area contributed by atoms with Crippen LogP contribution < -0.4 is 0 Å². The zero-order chi connectivity index (χ0) is 26.0. The Morgan fingerprint density at radius 2 is 1.65 bits per heavy atom. The van der Waals surface area contributed by atoms with E-state index in [1.54, 1.807) is 24.1 Å². The topological polar surface area (TPSA) is 54.8 Å². The first kappa shape index (κ1) is 27.4. The third kappa shape index (κ3) is 7.67. The number of hydrogen-bond donors (Lipinski definition) is 0. The van der Waals surface area contributed by atoms with E-state index >= 15 is 0 Å². The van der Waals surface area contributed by atoms with Crippen LogP contribution in [0.5, 0.6) is 0 Å². The fraction of sp³-hybridized carbons (Fsp3) is 0.600. The summed E-state index contributed by atoms with van der Waals surface area (Å²) in [6.45, 7) is 2.10. The summed E-state index contributed by atoms with van der Waals surface area (Å²) < 4.78 is 20.8. The first-order valence-corrected chi connectivity index (χ1v) is 14.0. The maximum Gasteiger partial charge on any atom is 0.242 e. The van der Waals surface area contributed by atoms with Gasteiger partial charge in [0, 0.05) is 44.0 Å². The SMILES string of the molecule is COCCN(CC(=O)N(Cc1cccn1Cc1ccc(F)cc1)C1CCCCC1)C(=O)C1CCCCC1. The number of rotatable bonds is 11. The Kier molecular flexibility index (Phi) is 10.2. The minimum Gasteiger partial charge on any atom is -0.383 e. The molecule has 2 aliphatic carbocycles. The van der Waals surface area contributed by atoms with Gasteiger partial charge >= 0.3 is 0 Å². The van der Waals surface area contributed by atoms with E-state index in [0.29, 0.717) is 26.2 Å². The Morgan fingerprint density at radius 1 is 0.973 bits per heavy atom. The average Bonchev–Trinajstić information content (AvgIpc) is 3.37. The van der Waals surface area contributed by atoms with Crippen LogP contribution in [0.3, 0.4) is 0 Å². The van der Waals surface area contributed by atoms with E-state index in [1.165, 1.54) is 25.0 Å². The summed E-state index contributed by atoms with van der Waals surface area (Å²) in [7, 11) is 1.63. The number of methoxy groups -OCH3 is 1. The van der Waals surface area contributed by atoms with Crippen molar-refractivity contribution in [2.24, 2.45) is 5.92 Å². The van der Waals surface area contributed by atoms with E-state index in [2.05, 4.69) is 10.6 Å². The van der Waals surface area contributed by atoms with Gasteiger partial charge in [0.15, 0.2) is 0 Å². The van der Waals surface area contributed by atoms with E-state index in [4.69, 9.17) is 4.74 Å². The molecule has 1 aromatic carbocycles. The molecule has 37 heavy (non-hydrogen) atoms. The quantitative estimate of drug-likeness (QED) is 0.406. The zero-order valence-corrected chi connectivity index (χ0v) is 22.2. The number of amides is 2. The molecule has 0 bridgehead atoms. The molecule has 2 aromatic rings. The van der Waals surface area contributed by atoms with E-state index in [9.17, 15) is 14.0 Å². The molecule has 1 heterocycles. The molecule has 6 nitrogen and oxygen atoms in total. The number of carbonyl (C=O) groups is 2. The number of carbonyl (C=O) groups excluding carboxylic acids is 2. The molecule has 0 unspecified atom stereocenters. The van der Waals surface area contributed by atoms with Crippen LogP contribution in [0.1, 0.15) is 75.5 Å². The number of aromatic nitrogens is 1. The Bertz CT molecular complexity index is 994. The van der Waals surface area contributed by atoms with Gasteiger partial charge in [-0.15, -0.1) is 0 Å². The molecule has 0 aliphatic heterocycles. The summed E-state index contributed by atoms with van der Waals surface area (Å²) in [5.74, 6) is -0.101. The van der Waals surface area contributed by atoms with Gasteiger partial charge in [-0.2, -0.15) is 0 Å². The highest BCUT2D eigenvalue weighted by molar-refractivity contribution is 5.86. The minimum absolute atomic E-state index is 0.0155. The molecule has 0 radical (unpaired) electrons. The summed E-state index contributed by atoms with van der Waals surface area (Å²) in [4.78, 5) is 31.0. The third-order valence-electron chi connectivity index (χ3n) is 8.02. The smallest absolute Gasteiger partial charge is 0.242 e. The number of halogens is 1. The average molecular weight is 512 g/mol. The number of nitrogens with zero attached hydrogens (tertiary/aromatic N) is 3. The van der Waals surface area contributed by atoms with Crippen LogP contribution in [-0.4, -0.2) is 59.0 Å². The number of hydrogen-bond acceptors (Lipinski definition) is 3. The van der Waals surface area contributed by atoms with Crippen LogP contribution in [-0.2, 0) is 27.4 Å². The van der Waals surface area contributed by atoms with Crippen molar-refractivity contribution in [3.8, 4) is 0 Å². The van der Waals surface area contributed by atoms with Crippen LogP contribution in [0.15, 0.2) is 42.6 Å². The van der Waals surface area contributed by atoms with Crippen LogP contribution in [0.25, 0.3) is 0 Å². The normalized spacial score (nSPS) is 17.0. The van der Waals surface area contributed by atoms with E-state index in [-0.39, 0.29) is 36.1 Å². The summed E-state index contributed by atoms with van der Waals surface area (Å²) in [5, 5.41) is 0. The second-order valence-electron chi connectivity index (χ2n) is 10.7. The monoisotopic (exact) mass is 511 g/mol. The molecular weight excluding hydrogens is 469 g/mol. The number of ether oxygens (including phenoxy) is 1. The van der Waals surface area contributed by atoms with E-state index in [1.807, 2.05) is 17.2 Å². The maximum atomic E-state index is 13.9. The molecule has 2 aliphatic rings. The molecule has 4 rings (SSSR count). The van der Waals surface area contributed by atoms with Crippen molar-refractivity contribution in [1.29, 1.82) is 0 Å². The van der Waals surface area contributed by atoms with Gasteiger partial charge in [0.05, 0.1) is 19.7 Å². The van der Waals surface area contributed by atoms with Gasteiger partial charge in [0.1, 0.15) is 5.82 Å². The van der Waals surface area contributed by atoms with Gasteiger partial charge in [0.2, 0.25) is 11.8 Å². The Hall–Kier alpha value is -2.67. The van der Waals surface area contributed by atoms with Crippen molar-refractivity contribution in [2.45, 2.75) is 83.3 Å². The van der Waals surface area contributed by atoms with Crippen molar-refractivity contribution < 1.29 is 18.7 Å². The number of benzene rings is 1. The molecule has 0 spiro atoms. The van der Waals surface area contributed by atoms with Gasteiger partial charge in [-0.05, 0) is 55.5 Å². The lowest BCUT2D eigenvalue weighted by Crippen LogP contribution is -2.49. The van der Waals surface area contributed by atoms with Gasteiger partial charge < -0.3 is 19.1 Å². The second kappa shape index (κ2) is 13.8. The van der Waals surface area contributed by atoms with Gasteiger partial charge in [0.25, 0.3) is 0 Å². The molecule has 0 atom stereocenters. The highest BCUT2D eigenvalue weighted by Crippen LogP contribution is 2.27. The maximum absolute atomic E-state index is 13.9. The molecule has 2 saturated carbocycles. The van der Waals surface area contributed by atoms with E-state index in [0.717, 1.165) is 62.6 Å². The van der Waals surface area contributed by atoms with Gasteiger partial charge in [-0.3, -0.25) is 9.59 Å². The molecule has 2 amide bonds. The lowest BCUT2D eigenvalue weighted by atomic mass is 9.88. The lowest BCUT2D eigenvalue weighted by molar-refractivity contribution is -0.146. The molecule has 2 fully saturated rings. The Balaban J connectivity index is 1.50. The Labute approximate surface area is 220 Å². The second-order valence-corrected chi connectivity index (χ2v) is 10.7. The lowest BCUT2D eigenvalue weighted by Gasteiger charge is -2.37. The molecule has 202 valence electrons. The van der Waals surface area contributed by atoms with Crippen LogP contribution in [0, 0.1) is 11.7 Å². The van der Waals surface area contributed by atoms with Crippen molar-refractivity contribution in [3.05, 3.63) is 59.7 Å². The molecular formula is C30H42FN3O3. The molecule has 0 N–H and O–H groups in total. The Morgan fingerprint density at radius 3 is 2.32 bits per heavy atom. The fourth-order valence-electron chi connectivity index (χ4n) is 5.85. The first-order valence-electron chi connectivity index (χ1n) is 14.0. The summed E-state index contributed by atoms with van der Waals surface area (Å²) in [6.07, 6.45) is 12.7. The van der Waals surface area contributed by atoms with Gasteiger partial charge in [-0.25, -0.2) is 4.39 Å². The van der Waals surface area contributed by atoms with Crippen LogP contribution in [0.2, 0.25) is 0 Å². The predicted octanol–water partition coefficient (Wildman–Crippen LogP) is 5.39. The summed E-state index contributed by atoms with van der Waals surface area (Å²) in [6, 6.07) is 10.8. The molecule has 1 aromatic heterocycles. The fourth-order valence-corrected chi connectivity index (χ4v) is 5.85. The van der Waals surface area contributed by atoms with Crippen molar-refractivity contribution in [1.82, 2.24) is 14.4 Å². The first-order chi connectivity index (χ1) is 18.0. The highest BCUT2D eigenvalue weighted by Gasteiger charge is 2.31. The zero-order valence-electron chi connectivity index (χ0n) is 22.2. The highest BCUT2D eigenvalue weighted by atomic mass is 19.1. The van der Waals surface area contributed by atoms with Crippen molar-refractivity contribution in [2.75, 3.05) is 26.8 Å². The summed E-state index contributed by atoms with van der Waals surface area (Å²) >= 11 is 0. The molecule has 7 heteroatoms. The predicted molar refractivity (Wildman–Crippen MR) is 142 cm³/mol. The van der Waals surface area contributed by atoms with Gasteiger partial charge in [-0.1, -0.05) is 50.7 Å². The van der Waals surface area contributed by atoms with Crippen molar-refractivity contribution in [3.63, 3.8) is 0 Å². The standard InChI is InChI=1S/C30H42FN3O3/c1-37-20-19-33(30(36)25-9-4-2-5-10-25)23-29(35)34(27-11-6-3-7-12-27)22-28-13-8-18-32(28)21-24-14-16-26(31)17-15-24/h8,13-18,25,27H,2-7,9-12,19-23H2,1H3. The molecule has 0 saturated heterocycles. The minimum atomic E-state index is -0.244. The summed E-state index contributed by atoms with van der Waals surface area (Å²) in [5.41, 5.74) is 2.06. The van der Waals surface area contributed by atoms with Crippen molar-refractivity contribution >= 4 is 11.8 Å². The third-order valence-corrected chi connectivity index (χ3v) is 8.02. The largest absolute Gasteiger partial charge is 0.383 e. The van der Waals surface area contributed by atoms with E-state index < -0.39 is 0 Å².